The number of hydrogen-bond acceptors (Lipinski definition) is 5. The van der Waals surface area contributed by atoms with Crippen LogP contribution in [0.4, 0.5) is 8.78 Å². The predicted molar refractivity (Wildman–Crippen MR) is 155 cm³/mol. The maximum Gasteiger partial charge on any atom is 0.283 e. The zero-order valence-electron chi connectivity index (χ0n) is 22.3. The van der Waals surface area contributed by atoms with Crippen molar-refractivity contribution in [2.24, 2.45) is 10.9 Å². The molecule has 0 N–H and O–H groups in total. The van der Waals surface area contributed by atoms with Crippen molar-refractivity contribution in [1.82, 2.24) is 19.6 Å². The second-order valence-electron chi connectivity index (χ2n) is 11.4. The van der Waals surface area contributed by atoms with Crippen LogP contribution in [0.2, 0.25) is 5.02 Å². The van der Waals surface area contributed by atoms with E-state index >= 15 is 0 Å². The van der Waals surface area contributed by atoms with Crippen molar-refractivity contribution < 1.29 is 13.5 Å². The number of aromatic nitrogens is 4. The van der Waals surface area contributed by atoms with E-state index in [1.807, 2.05) is 16.8 Å². The van der Waals surface area contributed by atoms with Gasteiger partial charge in [0.1, 0.15) is 18.1 Å². The van der Waals surface area contributed by atoms with Crippen LogP contribution in [0.25, 0.3) is 16.8 Å². The van der Waals surface area contributed by atoms with Crippen LogP contribution >= 0.6 is 11.6 Å². The van der Waals surface area contributed by atoms with Gasteiger partial charge in [-0.1, -0.05) is 35.5 Å². The number of nitrogens with zero attached hydrogens (tertiary/aromatic N) is 5. The molecule has 210 valence electrons. The summed E-state index contributed by atoms with van der Waals surface area (Å²) in [5.41, 5.74) is 7.56. The van der Waals surface area contributed by atoms with Crippen molar-refractivity contribution in [3.05, 3.63) is 117 Å². The fourth-order valence-electron chi connectivity index (χ4n) is 6.63. The molecule has 5 heterocycles. The van der Waals surface area contributed by atoms with Crippen LogP contribution in [-0.2, 0) is 6.42 Å². The lowest BCUT2D eigenvalue weighted by molar-refractivity contribution is 0.146. The monoisotopic (exact) mass is 583 g/mol. The van der Waals surface area contributed by atoms with Crippen molar-refractivity contribution in [2.45, 2.75) is 37.6 Å². The summed E-state index contributed by atoms with van der Waals surface area (Å²) in [6.45, 7) is 4.57. The van der Waals surface area contributed by atoms with Crippen LogP contribution in [0.5, 0.6) is 5.75 Å². The standard InChI is InChI=1S/C32H24ClF2N5O2/c1-16-6-18-3-2-17(9-29(18)42-15-16)25-7-20(13-36-25)31-24-12-23(24)28-8-19(10-30(41)40(28)31)22-11-21(33)4-5-27(22)39-14-26(32(34)35)37-38-39/h2-5,8-11,13-14,23-24,31-32H,1,6-7,12,15H2. The molecule has 3 atom stereocenters. The number of benzene rings is 2. The molecule has 0 spiro atoms. The molecule has 1 fully saturated rings. The summed E-state index contributed by atoms with van der Waals surface area (Å²) in [7, 11) is 0. The second-order valence-corrected chi connectivity index (χ2v) is 11.8. The molecule has 3 unspecified atom stereocenters. The maximum atomic E-state index is 13.7. The fraction of sp³-hybridized carbons (Fsp3) is 0.250. The van der Waals surface area contributed by atoms with E-state index in [1.54, 1.807) is 24.3 Å². The largest absolute Gasteiger partial charge is 0.489 e. The van der Waals surface area contributed by atoms with Gasteiger partial charge in [-0.05, 0) is 70.5 Å². The lowest BCUT2D eigenvalue weighted by Crippen LogP contribution is -2.26. The highest BCUT2D eigenvalue weighted by Gasteiger charge is 2.54. The van der Waals surface area contributed by atoms with Gasteiger partial charge in [-0.15, -0.1) is 5.10 Å². The summed E-state index contributed by atoms with van der Waals surface area (Å²) in [5, 5.41) is 7.94. The van der Waals surface area contributed by atoms with E-state index in [0.717, 1.165) is 52.3 Å². The second kappa shape index (κ2) is 9.32. The Morgan fingerprint density at radius 1 is 1.07 bits per heavy atom. The highest BCUT2D eigenvalue weighted by atomic mass is 35.5. The number of alkyl halides is 2. The van der Waals surface area contributed by atoms with Crippen LogP contribution in [0.15, 0.2) is 88.4 Å². The van der Waals surface area contributed by atoms with Gasteiger partial charge in [0.25, 0.3) is 12.0 Å². The number of allylic oxidation sites excluding steroid dienone is 1. The van der Waals surface area contributed by atoms with Gasteiger partial charge >= 0.3 is 0 Å². The minimum Gasteiger partial charge on any atom is -0.489 e. The minimum absolute atomic E-state index is 0.0484. The number of fused-ring (bicyclic) bond motifs is 4. The molecule has 2 aromatic heterocycles. The fourth-order valence-corrected chi connectivity index (χ4v) is 6.80. The molecule has 7 nitrogen and oxygen atoms in total. The van der Waals surface area contributed by atoms with Gasteiger partial charge < -0.3 is 9.30 Å². The third-order valence-corrected chi connectivity index (χ3v) is 8.90. The first-order valence-corrected chi connectivity index (χ1v) is 14.2. The Bertz CT molecular complexity index is 1940. The molecule has 0 radical (unpaired) electrons. The van der Waals surface area contributed by atoms with Crippen LogP contribution in [-0.4, -0.2) is 31.9 Å². The lowest BCUT2D eigenvalue weighted by atomic mass is 9.95. The van der Waals surface area contributed by atoms with Gasteiger partial charge in [0.05, 0.1) is 23.6 Å². The predicted octanol–water partition coefficient (Wildman–Crippen LogP) is 6.61. The van der Waals surface area contributed by atoms with Crippen molar-refractivity contribution in [1.29, 1.82) is 0 Å². The molecule has 42 heavy (non-hydrogen) atoms. The summed E-state index contributed by atoms with van der Waals surface area (Å²) in [5.74, 6) is 1.50. The first-order valence-electron chi connectivity index (χ1n) is 13.8. The number of rotatable bonds is 5. The number of hydrogen-bond donors (Lipinski definition) is 0. The lowest BCUT2D eigenvalue weighted by Gasteiger charge is -2.21. The average molecular weight is 584 g/mol. The zero-order chi connectivity index (χ0) is 28.7. The van der Waals surface area contributed by atoms with Gasteiger partial charge in [-0.3, -0.25) is 9.79 Å². The number of pyridine rings is 1. The highest BCUT2D eigenvalue weighted by molar-refractivity contribution is 6.31. The van der Waals surface area contributed by atoms with Crippen LogP contribution in [0.1, 0.15) is 53.7 Å². The Labute approximate surface area is 244 Å². The van der Waals surface area contributed by atoms with E-state index in [2.05, 4.69) is 35.1 Å². The molecule has 2 aromatic carbocycles. The maximum absolute atomic E-state index is 13.7. The summed E-state index contributed by atoms with van der Waals surface area (Å²) < 4.78 is 35.5. The number of halogens is 3. The molecule has 0 amide bonds. The van der Waals surface area contributed by atoms with Gasteiger partial charge in [-0.2, -0.15) is 0 Å². The molecule has 3 aliphatic heterocycles. The first-order chi connectivity index (χ1) is 20.3. The summed E-state index contributed by atoms with van der Waals surface area (Å²) in [6.07, 6.45) is 2.88. The van der Waals surface area contributed by atoms with Gasteiger partial charge in [0.15, 0.2) is 0 Å². The molecule has 8 rings (SSSR count). The molecule has 4 aromatic rings. The molecule has 1 aliphatic carbocycles. The molecule has 4 aliphatic rings. The smallest absolute Gasteiger partial charge is 0.283 e. The Balaban J connectivity index is 1.11. The Morgan fingerprint density at radius 2 is 1.95 bits per heavy atom. The van der Waals surface area contributed by atoms with Crippen molar-refractivity contribution in [3.8, 4) is 22.6 Å². The summed E-state index contributed by atoms with van der Waals surface area (Å²) in [6, 6.07) is 14.9. The molecule has 10 heteroatoms. The quantitative estimate of drug-likeness (QED) is 0.248. The SMILES string of the molecule is C=C1COc2cc(C3=NC=C(C4C5CC5c5cc(-c6cc(Cl)ccc6-n6cc(C(F)F)nn6)cc(=O)n54)C3)ccc2C1. The molecule has 0 saturated heterocycles. The van der Waals surface area contributed by atoms with E-state index in [-0.39, 0.29) is 17.5 Å². The molecular formula is C32H24ClF2N5O2. The van der Waals surface area contributed by atoms with Crippen LogP contribution in [0, 0.1) is 5.92 Å². The molecule has 1 saturated carbocycles. The van der Waals surface area contributed by atoms with Crippen LogP contribution in [0.3, 0.4) is 0 Å². The van der Waals surface area contributed by atoms with E-state index in [9.17, 15) is 13.6 Å². The summed E-state index contributed by atoms with van der Waals surface area (Å²) >= 11 is 6.34. The topological polar surface area (TPSA) is 74.3 Å². The van der Waals surface area contributed by atoms with E-state index in [4.69, 9.17) is 21.3 Å². The van der Waals surface area contributed by atoms with E-state index < -0.39 is 12.1 Å². The van der Waals surface area contributed by atoms with Crippen LogP contribution < -0.4 is 10.3 Å². The Kier molecular flexibility index (Phi) is 5.63. The van der Waals surface area contributed by atoms with Crippen molar-refractivity contribution in [2.75, 3.05) is 6.61 Å². The number of aliphatic imine (C=N–C) groups is 1. The third kappa shape index (κ3) is 4.06. The average Bonchev–Trinajstić information content (AvgIpc) is 3.30. The van der Waals surface area contributed by atoms with E-state index in [1.165, 1.54) is 10.9 Å². The van der Waals surface area contributed by atoms with Gasteiger partial charge in [0.2, 0.25) is 0 Å². The number of ether oxygens (including phenoxy) is 1. The van der Waals surface area contributed by atoms with Gasteiger partial charge in [-0.25, -0.2) is 13.5 Å². The third-order valence-electron chi connectivity index (χ3n) is 8.66. The van der Waals surface area contributed by atoms with Crippen molar-refractivity contribution >= 4 is 17.3 Å². The van der Waals surface area contributed by atoms with Crippen molar-refractivity contribution in [3.63, 3.8) is 0 Å². The molecule has 0 bridgehead atoms. The normalized spacial score (nSPS) is 21.9. The Morgan fingerprint density at radius 3 is 2.79 bits per heavy atom. The molecular weight excluding hydrogens is 560 g/mol. The highest BCUT2D eigenvalue weighted by Crippen LogP contribution is 2.61. The Hall–Kier alpha value is -4.37. The minimum atomic E-state index is -2.74. The van der Waals surface area contributed by atoms with E-state index in [0.29, 0.717) is 40.8 Å². The van der Waals surface area contributed by atoms with Gasteiger partial charge in [0, 0.05) is 47.3 Å². The zero-order valence-corrected chi connectivity index (χ0v) is 23.1. The first kappa shape index (κ1) is 25.3. The summed E-state index contributed by atoms with van der Waals surface area (Å²) in [4.78, 5) is 18.5.